The van der Waals surface area contributed by atoms with Gasteiger partial charge in [0, 0.05) is 6.42 Å². The summed E-state index contributed by atoms with van der Waals surface area (Å²) < 4.78 is 20.8. The molecule has 2 aromatic carbocycles. The smallest absolute Gasteiger partial charge is 0.338 e. The Morgan fingerprint density at radius 2 is 1.66 bits per heavy atom. The predicted molar refractivity (Wildman–Crippen MR) is 106 cm³/mol. The van der Waals surface area contributed by atoms with Crippen molar-refractivity contribution in [3.8, 4) is 17.2 Å². The minimum Gasteiger partial charge on any atom is -0.493 e. The monoisotopic (exact) mass is 398 g/mol. The maximum absolute atomic E-state index is 12.4. The van der Waals surface area contributed by atoms with Crippen LogP contribution >= 0.6 is 0 Å². The summed E-state index contributed by atoms with van der Waals surface area (Å²) in [7, 11) is 4.37. The molecule has 0 aromatic heterocycles. The molecule has 152 valence electrons. The largest absolute Gasteiger partial charge is 0.493 e. The van der Waals surface area contributed by atoms with Crippen LogP contribution in [-0.2, 0) is 9.53 Å². The van der Waals surface area contributed by atoms with Gasteiger partial charge in [-0.1, -0.05) is 30.3 Å². The highest BCUT2D eigenvalue weighted by Crippen LogP contribution is 2.38. The van der Waals surface area contributed by atoms with Gasteiger partial charge < -0.3 is 18.9 Å². The van der Waals surface area contributed by atoms with E-state index in [1.165, 1.54) is 38.5 Å². The summed E-state index contributed by atoms with van der Waals surface area (Å²) >= 11 is 0. The van der Waals surface area contributed by atoms with Crippen molar-refractivity contribution in [2.75, 3.05) is 34.5 Å². The summed E-state index contributed by atoms with van der Waals surface area (Å²) in [5, 5.41) is 5.66. The number of amides is 1. The normalized spacial score (nSPS) is 12.9. The lowest BCUT2D eigenvalue weighted by atomic mass is 10.1. The summed E-state index contributed by atoms with van der Waals surface area (Å²) in [5.74, 6) is -0.0631. The molecule has 0 aliphatic carbocycles. The van der Waals surface area contributed by atoms with Crippen molar-refractivity contribution in [3.05, 3.63) is 53.6 Å². The van der Waals surface area contributed by atoms with Crippen molar-refractivity contribution in [1.82, 2.24) is 5.01 Å². The van der Waals surface area contributed by atoms with Crippen LogP contribution in [0.4, 0.5) is 0 Å². The van der Waals surface area contributed by atoms with Crippen LogP contribution in [0, 0.1) is 0 Å². The van der Waals surface area contributed by atoms with E-state index in [0.29, 0.717) is 30.2 Å². The molecule has 8 nitrogen and oxygen atoms in total. The molecule has 0 bridgehead atoms. The highest BCUT2D eigenvalue weighted by molar-refractivity contribution is 6.02. The molecule has 3 rings (SSSR count). The van der Waals surface area contributed by atoms with E-state index in [1.54, 1.807) is 0 Å². The Kier molecular flexibility index (Phi) is 6.33. The van der Waals surface area contributed by atoms with Crippen LogP contribution in [0.1, 0.15) is 22.3 Å². The molecule has 0 saturated carbocycles. The number of hydrazone groups is 1. The Hall–Kier alpha value is -3.55. The number of hydrogen-bond acceptors (Lipinski definition) is 7. The first-order valence-electron chi connectivity index (χ1n) is 8.97. The SMILES string of the molecule is COc1cc(C(=O)OCC(=O)N2CCC(c3ccccc3)=N2)cc(OC)c1OC. The average Bonchev–Trinajstić information content (AvgIpc) is 3.27. The van der Waals surface area contributed by atoms with Crippen molar-refractivity contribution in [1.29, 1.82) is 0 Å². The Labute approximate surface area is 168 Å². The molecule has 29 heavy (non-hydrogen) atoms. The molecular formula is C21H22N2O6. The number of carbonyl (C=O) groups excluding carboxylic acids is 2. The van der Waals surface area contributed by atoms with E-state index in [9.17, 15) is 9.59 Å². The second-order valence-electron chi connectivity index (χ2n) is 6.17. The second kappa shape index (κ2) is 9.09. The van der Waals surface area contributed by atoms with Gasteiger partial charge in [0.2, 0.25) is 5.75 Å². The molecule has 1 heterocycles. The van der Waals surface area contributed by atoms with Crippen molar-refractivity contribution < 1.29 is 28.5 Å². The lowest BCUT2D eigenvalue weighted by Crippen LogP contribution is -2.28. The average molecular weight is 398 g/mol. The molecule has 0 N–H and O–H groups in total. The lowest BCUT2D eigenvalue weighted by molar-refractivity contribution is -0.134. The van der Waals surface area contributed by atoms with Gasteiger partial charge in [-0.2, -0.15) is 5.10 Å². The molecular weight excluding hydrogens is 376 g/mol. The maximum Gasteiger partial charge on any atom is 0.338 e. The number of rotatable bonds is 7. The highest BCUT2D eigenvalue weighted by atomic mass is 16.5. The van der Waals surface area contributed by atoms with E-state index in [0.717, 1.165) is 11.3 Å². The van der Waals surface area contributed by atoms with Crippen molar-refractivity contribution in [2.24, 2.45) is 5.10 Å². The van der Waals surface area contributed by atoms with Gasteiger partial charge in [-0.05, 0) is 17.7 Å². The highest BCUT2D eigenvalue weighted by Gasteiger charge is 2.24. The van der Waals surface area contributed by atoms with E-state index in [4.69, 9.17) is 18.9 Å². The van der Waals surface area contributed by atoms with Crippen LogP contribution in [0.5, 0.6) is 17.2 Å². The van der Waals surface area contributed by atoms with Gasteiger partial charge in [-0.25, -0.2) is 9.80 Å². The number of ether oxygens (including phenoxy) is 4. The zero-order valence-electron chi connectivity index (χ0n) is 16.5. The van der Waals surface area contributed by atoms with Crippen LogP contribution < -0.4 is 14.2 Å². The molecule has 0 saturated heterocycles. The van der Waals surface area contributed by atoms with Gasteiger partial charge in [-0.15, -0.1) is 0 Å². The fourth-order valence-electron chi connectivity index (χ4n) is 2.95. The van der Waals surface area contributed by atoms with Gasteiger partial charge in [0.15, 0.2) is 18.1 Å². The minimum atomic E-state index is -0.677. The second-order valence-corrected chi connectivity index (χ2v) is 6.17. The third-order valence-electron chi connectivity index (χ3n) is 4.42. The summed E-state index contributed by atoms with van der Waals surface area (Å²) in [4.78, 5) is 24.8. The summed E-state index contributed by atoms with van der Waals surface area (Å²) in [5.41, 5.74) is 1.98. The van der Waals surface area contributed by atoms with Crippen molar-refractivity contribution in [3.63, 3.8) is 0 Å². The predicted octanol–water partition coefficient (Wildman–Crippen LogP) is 2.51. The van der Waals surface area contributed by atoms with E-state index in [-0.39, 0.29) is 5.56 Å². The third kappa shape index (κ3) is 4.48. The van der Waals surface area contributed by atoms with E-state index < -0.39 is 18.5 Å². The standard InChI is InChI=1S/C21H22N2O6/c1-26-17-11-15(12-18(27-2)20(17)28-3)21(25)29-13-19(24)23-10-9-16(22-23)14-7-5-4-6-8-14/h4-8,11-12H,9-10,13H2,1-3H3. The number of esters is 1. The minimum absolute atomic E-state index is 0.183. The zero-order chi connectivity index (χ0) is 20.8. The quantitative estimate of drug-likeness (QED) is 0.666. The molecule has 0 spiro atoms. The summed E-state index contributed by atoms with van der Waals surface area (Å²) in [6.07, 6.45) is 0.649. The number of benzene rings is 2. The number of methoxy groups -OCH3 is 3. The van der Waals surface area contributed by atoms with E-state index in [1.807, 2.05) is 30.3 Å². The molecule has 0 atom stereocenters. The Morgan fingerprint density at radius 3 is 2.24 bits per heavy atom. The van der Waals surface area contributed by atoms with Crippen LogP contribution in [0.25, 0.3) is 0 Å². The van der Waals surface area contributed by atoms with E-state index in [2.05, 4.69) is 5.10 Å². The molecule has 0 radical (unpaired) electrons. The first-order valence-corrected chi connectivity index (χ1v) is 8.97. The van der Waals surface area contributed by atoms with Gasteiger partial charge in [0.05, 0.1) is 39.1 Å². The van der Waals surface area contributed by atoms with Crippen LogP contribution in [0.2, 0.25) is 0 Å². The first kappa shape index (κ1) is 20.2. The maximum atomic E-state index is 12.4. The first-order chi connectivity index (χ1) is 14.1. The van der Waals surface area contributed by atoms with Gasteiger partial charge in [0.1, 0.15) is 0 Å². The molecule has 1 amide bonds. The Morgan fingerprint density at radius 1 is 1.00 bits per heavy atom. The number of carbonyl (C=O) groups is 2. The zero-order valence-corrected chi connectivity index (χ0v) is 16.5. The number of hydrogen-bond donors (Lipinski definition) is 0. The molecule has 2 aromatic rings. The number of nitrogens with zero attached hydrogens (tertiary/aromatic N) is 2. The lowest BCUT2D eigenvalue weighted by Gasteiger charge is -2.14. The van der Waals surface area contributed by atoms with E-state index >= 15 is 0 Å². The summed E-state index contributed by atoms with van der Waals surface area (Å²) in [6.45, 7) is 0.0336. The van der Waals surface area contributed by atoms with Gasteiger partial charge in [0.25, 0.3) is 5.91 Å². The van der Waals surface area contributed by atoms with Crippen molar-refractivity contribution >= 4 is 17.6 Å². The molecule has 8 heteroatoms. The van der Waals surface area contributed by atoms with Crippen LogP contribution in [0.3, 0.4) is 0 Å². The van der Waals surface area contributed by atoms with Crippen LogP contribution in [-0.4, -0.2) is 57.1 Å². The third-order valence-corrected chi connectivity index (χ3v) is 4.42. The van der Waals surface area contributed by atoms with Crippen molar-refractivity contribution in [2.45, 2.75) is 6.42 Å². The Balaban J connectivity index is 1.65. The summed E-state index contributed by atoms with van der Waals surface area (Å²) in [6, 6.07) is 12.6. The van der Waals surface area contributed by atoms with Gasteiger partial charge in [-0.3, -0.25) is 4.79 Å². The fourth-order valence-corrected chi connectivity index (χ4v) is 2.95. The Bertz CT molecular complexity index is 901. The topological polar surface area (TPSA) is 86.7 Å². The van der Waals surface area contributed by atoms with Gasteiger partial charge >= 0.3 is 5.97 Å². The molecule has 1 aliphatic rings. The molecule has 0 fully saturated rings. The van der Waals surface area contributed by atoms with Crippen LogP contribution in [0.15, 0.2) is 47.6 Å². The fraction of sp³-hybridized carbons (Fsp3) is 0.286. The molecule has 1 aliphatic heterocycles. The molecule has 0 unspecified atom stereocenters.